The van der Waals surface area contributed by atoms with Crippen molar-refractivity contribution in [1.82, 2.24) is 9.55 Å². The van der Waals surface area contributed by atoms with E-state index in [-0.39, 0.29) is 6.54 Å². The lowest BCUT2D eigenvalue weighted by Gasteiger charge is -2.15. The van der Waals surface area contributed by atoms with Gasteiger partial charge in [-0.25, -0.2) is 4.98 Å². The largest absolute Gasteiger partial charge is 0.493 e. The Kier molecular flexibility index (Phi) is 5.96. The summed E-state index contributed by atoms with van der Waals surface area (Å²) < 4.78 is 13.2. The van der Waals surface area contributed by atoms with E-state index in [0.717, 1.165) is 35.9 Å². The Balaban J connectivity index is 2.11. The van der Waals surface area contributed by atoms with E-state index in [4.69, 9.17) is 9.47 Å². The van der Waals surface area contributed by atoms with Gasteiger partial charge in [0, 0.05) is 0 Å². The van der Waals surface area contributed by atoms with Crippen LogP contribution in [-0.4, -0.2) is 34.3 Å². The molecule has 1 heterocycles. The van der Waals surface area contributed by atoms with Crippen LogP contribution in [0.3, 0.4) is 0 Å². The number of imidazole rings is 1. The number of methoxy groups -OCH3 is 1. The number of carboxylic acid groups (broad SMARTS) is 1. The highest BCUT2D eigenvalue weighted by molar-refractivity contribution is 5.84. The molecule has 1 aromatic heterocycles. The van der Waals surface area contributed by atoms with Gasteiger partial charge in [-0.05, 0) is 30.7 Å². The van der Waals surface area contributed by atoms with Gasteiger partial charge in [0.1, 0.15) is 12.4 Å². The predicted octanol–water partition coefficient (Wildman–Crippen LogP) is 4.37. The number of aliphatic carboxylic acids is 1. The number of benzene rings is 2. The number of carbonyl (C=O) groups is 1. The first-order valence-electron chi connectivity index (χ1n) is 9.13. The Morgan fingerprint density at radius 3 is 2.70 bits per heavy atom. The number of hydrogen-bond donors (Lipinski definition) is 1. The fraction of sp³-hybridized carbons (Fsp3) is 0.333. The van der Waals surface area contributed by atoms with Gasteiger partial charge < -0.3 is 19.1 Å². The maximum atomic E-state index is 11.4. The minimum atomic E-state index is -0.923. The average Bonchev–Trinajstić information content (AvgIpc) is 3.03. The van der Waals surface area contributed by atoms with E-state index in [9.17, 15) is 9.90 Å². The smallest absolute Gasteiger partial charge is 0.323 e. The summed E-state index contributed by atoms with van der Waals surface area (Å²) in [5.74, 6) is 0.840. The molecule has 0 saturated heterocycles. The Bertz CT molecular complexity index is 933. The number of ether oxygens (including phenoxy) is 2. The normalized spacial score (nSPS) is 10.9. The summed E-state index contributed by atoms with van der Waals surface area (Å²) >= 11 is 0. The summed E-state index contributed by atoms with van der Waals surface area (Å²) in [6.07, 6.45) is 3.14. The second kappa shape index (κ2) is 8.58. The summed E-state index contributed by atoms with van der Waals surface area (Å²) in [6, 6.07) is 13.1. The van der Waals surface area contributed by atoms with Crippen molar-refractivity contribution < 1.29 is 19.4 Å². The second-order valence-corrected chi connectivity index (χ2v) is 6.30. The van der Waals surface area contributed by atoms with E-state index in [0.29, 0.717) is 23.9 Å². The zero-order valence-corrected chi connectivity index (χ0v) is 15.6. The van der Waals surface area contributed by atoms with Gasteiger partial charge in [0.15, 0.2) is 11.5 Å². The van der Waals surface area contributed by atoms with Crippen molar-refractivity contribution in [2.75, 3.05) is 13.7 Å². The van der Waals surface area contributed by atoms with Gasteiger partial charge in [-0.3, -0.25) is 4.79 Å². The molecule has 0 atom stereocenters. The van der Waals surface area contributed by atoms with Crippen LogP contribution in [0.1, 0.15) is 26.2 Å². The Morgan fingerprint density at radius 2 is 1.96 bits per heavy atom. The fourth-order valence-corrected chi connectivity index (χ4v) is 3.10. The van der Waals surface area contributed by atoms with E-state index in [2.05, 4.69) is 11.9 Å². The molecule has 0 bridgehead atoms. The van der Waals surface area contributed by atoms with Gasteiger partial charge >= 0.3 is 5.97 Å². The van der Waals surface area contributed by atoms with Crippen molar-refractivity contribution >= 4 is 17.0 Å². The van der Waals surface area contributed by atoms with Crippen LogP contribution in [0.2, 0.25) is 0 Å². The van der Waals surface area contributed by atoms with Gasteiger partial charge in [-0.2, -0.15) is 0 Å². The van der Waals surface area contributed by atoms with Gasteiger partial charge in [-0.15, -0.1) is 0 Å². The molecule has 0 aliphatic rings. The lowest BCUT2D eigenvalue weighted by Crippen LogP contribution is -2.11. The van der Waals surface area contributed by atoms with Crippen LogP contribution < -0.4 is 9.47 Å². The molecule has 0 spiro atoms. The Hall–Kier alpha value is -3.02. The number of carboxylic acids is 1. The molecule has 6 heteroatoms. The van der Waals surface area contributed by atoms with Crippen LogP contribution >= 0.6 is 0 Å². The van der Waals surface area contributed by atoms with Crippen molar-refractivity contribution in [3.8, 4) is 22.9 Å². The molecule has 0 aliphatic heterocycles. The van der Waals surface area contributed by atoms with Gasteiger partial charge in [0.05, 0.1) is 30.3 Å². The summed E-state index contributed by atoms with van der Waals surface area (Å²) in [5.41, 5.74) is 2.24. The quantitative estimate of drug-likeness (QED) is 0.568. The summed E-state index contributed by atoms with van der Waals surface area (Å²) in [6.45, 7) is 2.53. The van der Waals surface area contributed by atoms with E-state index >= 15 is 0 Å². The maximum Gasteiger partial charge on any atom is 0.323 e. The predicted molar refractivity (Wildman–Crippen MR) is 104 cm³/mol. The number of fused-ring (bicyclic) bond motifs is 1. The van der Waals surface area contributed by atoms with Crippen molar-refractivity contribution in [2.24, 2.45) is 0 Å². The van der Waals surface area contributed by atoms with E-state index in [1.165, 1.54) is 0 Å². The lowest BCUT2D eigenvalue weighted by molar-refractivity contribution is -0.137. The van der Waals surface area contributed by atoms with E-state index in [1.807, 2.05) is 42.5 Å². The topological polar surface area (TPSA) is 73.6 Å². The highest BCUT2D eigenvalue weighted by atomic mass is 16.5. The summed E-state index contributed by atoms with van der Waals surface area (Å²) in [4.78, 5) is 16.1. The summed E-state index contributed by atoms with van der Waals surface area (Å²) in [7, 11) is 1.60. The molecule has 2 aromatic carbocycles. The maximum absolute atomic E-state index is 11.4. The zero-order valence-electron chi connectivity index (χ0n) is 15.6. The minimum absolute atomic E-state index is 0.178. The van der Waals surface area contributed by atoms with Crippen LogP contribution in [0.25, 0.3) is 22.4 Å². The molecule has 1 N–H and O–H groups in total. The number of hydrogen-bond acceptors (Lipinski definition) is 4. The second-order valence-electron chi connectivity index (χ2n) is 6.30. The first-order valence-corrected chi connectivity index (χ1v) is 9.13. The van der Waals surface area contributed by atoms with Crippen molar-refractivity contribution in [1.29, 1.82) is 0 Å². The molecule has 0 radical (unpaired) electrons. The highest BCUT2D eigenvalue weighted by Crippen LogP contribution is 2.39. The minimum Gasteiger partial charge on any atom is -0.493 e. The van der Waals surface area contributed by atoms with Crippen LogP contribution in [0.4, 0.5) is 0 Å². The number of aromatic nitrogens is 2. The van der Waals surface area contributed by atoms with Crippen LogP contribution in [0, 0.1) is 0 Å². The first-order chi connectivity index (χ1) is 13.2. The number of nitrogens with zero attached hydrogens (tertiary/aromatic N) is 2. The molecule has 0 aliphatic carbocycles. The number of unbranched alkanes of at least 4 members (excludes halogenated alkanes) is 2. The molecule has 0 unspecified atom stereocenters. The van der Waals surface area contributed by atoms with Crippen molar-refractivity contribution in [3.05, 3.63) is 42.5 Å². The molecular weight excluding hydrogens is 344 g/mol. The number of para-hydroxylation sites is 3. The Morgan fingerprint density at radius 1 is 1.15 bits per heavy atom. The van der Waals surface area contributed by atoms with E-state index < -0.39 is 5.97 Å². The van der Waals surface area contributed by atoms with Crippen LogP contribution in [0.15, 0.2) is 42.5 Å². The molecule has 6 nitrogen and oxygen atoms in total. The van der Waals surface area contributed by atoms with Crippen LogP contribution in [0.5, 0.6) is 11.5 Å². The van der Waals surface area contributed by atoms with E-state index in [1.54, 1.807) is 11.7 Å². The summed E-state index contributed by atoms with van der Waals surface area (Å²) in [5, 5.41) is 9.38. The lowest BCUT2D eigenvalue weighted by atomic mass is 10.1. The highest BCUT2D eigenvalue weighted by Gasteiger charge is 2.20. The van der Waals surface area contributed by atoms with Crippen molar-refractivity contribution in [3.63, 3.8) is 0 Å². The third kappa shape index (κ3) is 4.05. The molecule has 142 valence electrons. The zero-order chi connectivity index (χ0) is 19.2. The molecule has 0 fully saturated rings. The molecule has 27 heavy (non-hydrogen) atoms. The third-order valence-corrected chi connectivity index (χ3v) is 4.38. The third-order valence-electron chi connectivity index (χ3n) is 4.38. The first kappa shape index (κ1) is 18.8. The van der Waals surface area contributed by atoms with Crippen LogP contribution in [-0.2, 0) is 11.3 Å². The average molecular weight is 368 g/mol. The Labute approximate surface area is 158 Å². The van der Waals surface area contributed by atoms with Gasteiger partial charge in [-0.1, -0.05) is 38.0 Å². The van der Waals surface area contributed by atoms with Gasteiger partial charge in [0.25, 0.3) is 0 Å². The molecule has 3 aromatic rings. The monoisotopic (exact) mass is 368 g/mol. The number of rotatable bonds is 9. The molecule has 0 amide bonds. The molecule has 3 rings (SSSR count). The van der Waals surface area contributed by atoms with Crippen molar-refractivity contribution in [2.45, 2.75) is 32.7 Å². The standard InChI is InChI=1S/C21H24N2O4/c1-3-4-7-13-27-20-15(9-8-12-18(20)26-2)21-22-16-10-5-6-11-17(16)23(21)14-19(24)25/h5-6,8-12H,3-4,7,13-14H2,1-2H3,(H,24,25). The fourth-order valence-electron chi connectivity index (χ4n) is 3.10. The molecule has 0 saturated carbocycles. The molecular formula is C21H24N2O4. The SMILES string of the molecule is CCCCCOc1c(OC)cccc1-c1nc2ccccc2n1CC(=O)O. The van der Waals surface area contributed by atoms with Gasteiger partial charge in [0.2, 0.25) is 0 Å².